The van der Waals surface area contributed by atoms with Crippen LogP contribution in [0.15, 0.2) is 23.3 Å². The first kappa shape index (κ1) is 14.1. The summed E-state index contributed by atoms with van der Waals surface area (Å²) < 4.78 is 10.8. The van der Waals surface area contributed by atoms with Crippen molar-refractivity contribution in [1.82, 2.24) is 15.2 Å². The first-order chi connectivity index (χ1) is 9.63. The van der Waals surface area contributed by atoms with Crippen LogP contribution in [0.2, 0.25) is 0 Å². The van der Waals surface area contributed by atoms with Gasteiger partial charge < -0.3 is 9.47 Å². The van der Waals surface area contributed by atoms with E-state index in [0.29, 0.717) is 22.2 Å². The third-order valence-electron chi connectivity index (χ3n) is 2.63. The van der Waals surface area contributed by atoms with Crippen LogP contribution in [0.5, 0.6) is 11.5 Å². The zero-order valence-corrected chi connectivity index (χ0v) is 12.2. The third kappa shape index (κ3) is 3.15. The van der Waals surface area contributed by atoms with E-state index in [1.165, 1.54) is 0 Å². The van der Waals surface area contributed by atoms with Gasteiger partial charge in [0.2, 0.25) is 10.7 Å². The Labute approximate surface area is 121 Å². The maximum Gasteiger partial charge on any atom is 0.238 e. The summed E-state index contributed by atoms with van der Waals surface area (Å²) in [6.07, 6.45) is 0. The highest BCUT2D eigenvalue weighted by Gasteiger charge is 2.06. The van der Waals surface area contributed by atoms with Crippen LogP contribution < -0.4 is 14.9 Å². The van der Waals surface area contributed by atoms with Gasteiger partial charge >= 0.3 is 0 Å². The molecule has 2 rings (SSSR count). The monoisotopic (exact) mass is 293 g/mol. The minimum Gasteiger partial charge on any atom is -0.493 e. The number of anilines is 1. The molecule has 0 aliphatic carbocycles. The van der Waals surface area contributed by atoms with Crippen molar-refractivity contribution in [3.05, 3.63) is 28.5 Å². The molecular weight excluding hydrogens is 278 g/mol. The highest BCUT2D eigenvalue weighted by molar-refractivity contribution is 7.71. The highest BCUT2D eigenvalue weighted by atomic mass is 32.1. The highest BCUT2D eigenvalue weighted by Crippen LogP contribution is 2.27. The Hall–Kier alpha value is -2.35. The van der Waals surface area contributed by atoms with Crippen LogP contribution in [0.3, 0.4) is 0 Å². The van der Waals surface area contributed by atoms with Crippen molar-refractivity contribution in [2.45, 2.75) is 6.92 Å². The summed E-state index contributed by atoms with van der Waals surface area (Å²) in [6.45, 7) is 1.87. The Morgan fingerprint density at radius 1 is 1.25 bits per heavy atom. The molecule has 0 amide bonds. The molecule has 0 aliphatic rings. The summed E-state index contributed by atoms with van der Waals surface area (Å²) in [6, 6.07) is 5.58. The van der Waals surface area contributed by atoms with Crippen LogP contribution in [0.25, 0.3) is 0 Å². The van der Waals surface area contributed by atoms with Crippen molar-refractivity contribution >= 4 is 23.9 Å². The van der Waals surface area contributed by atoms with Crippen LogP contribution in [0, 0.1) is 4.77 Å². The van der Waals surface area contributed by atoms with Gasteiger partial charge in [0.15, 0.2) is 11.5 Å². The van der Waals surface area contributed by atoms with E-state index in [-0.39, 0.29) is 0 Å². The molecule has 0 spiro atoms. The number of rotatable bonds is 5. The lowest BCUT2D eigenvalue weighted by atomic mass is 10.1. The van der Waals surface area contributed by atoms with Gasteiger partial charge in [0.1, 0.15) is 0 Å². The topological polar surface area (TPSA) is 87.3 Å². The van der Waals surface area contributed by atoms with Crippen molar-refractivity contribution in [3.8, 4) is 11.5 Å². The SMILES string of the molecule is COc1ccc(/C(C)=N\Nc2nc(=S)[nH][nH]2)cc1OC. The van der Waals surface area contributed by atoms with Gasteiger partial charge in [-0.25, -0.2) is 5.43 Å². The van der Waals surface area contributed by atoms with Crippen LogP contribution in [-0.4, -0.2) is 35.1 Å². The number of methoxy groups -OCH3 is 2. The van der Waals surface area contributed by atoms with Gasteiger partial charge in [0.25, 0.3) is 0 Å². The molecular formula is C12H15N5O2S. The Morgan fingerprint density at radius 3 is 2.60 bits per heavy atom. The van der Waals surface area contributed by atoms with E-state index in [1.54, 1.807) is 14.2 Å². The number of H-pyrrole nitrogens is 2. The van der Waals surface area contributed by atoms with Gasteiger partial charge in [0.05, 0.1) is 19.9 Å². The number of aromatic amines is 2. The number of nitrogens with one attached hydrogen (secondary N) is 3. The smallest absolute Gasteiger partial charge is 0.238 e. The lowest BCUT2D eigenvalue weighted by Gasteiger charge is -2.09. The lowest BCUT2D eigenvalue weighted by molar-refractivity contribution is 0.355. The molecule has 2 aromatic rings. The van der Waals surface area contributed by atoms with Crippen LogP contribution in [-0.2, 0) is 0 Å². The molecule has 0 saturated carbocycles. The summed E-state index contributed by atoms with van der Waals surface area (Å²) >= 11 is 4.85. The molecule has 0 fully saturated rings. The average Bonchev–Trinajstić information content (AvgIpc) is 2.89. The first-order valence-corrected chi connectivity index (χ1v) is 6.22. The molecule has 0 bridgehead atoms. The Morgan fingerprint density at radius 2 is 2.00 bits per heavy atom. The normalized spacial score (nSPS) is 11.2. The summed E-state index contributed by atoms with van der Waals surface area (Å²) in [4.78, 5) is 3.98. The Balaban J connectivity index is 2.19. The van der Waals surface area contributed by atoms with Crippen molar-refractivity contribution in [2.75, 3.05) is 19.6 Å². The predicted molar refractivity (Wildman–Crippen MR) is 79.2 cm³/mol. The predicted octanol–water partition coefficient (Wildman–Crippen LogP) is 2.32. The second-order valence-corrected chi connectivity index (χ2v) is 4.28. The van der Waals surface area contributed by atoms with E-state index >= 15 is 0 Å². The molecule has 8 heteroatoms. The molecule has 3 N–H and O–H groups in total. The van der Waals surface area contributed by atoms with E-state index in [1.807, 2.05) is 25.1 Å². The number of aromatic nitrogens is 3. The molecule has 1 aromatic carbocycles. The molecule has 0 unspecified atom stereocenters. The quantitative estimate of drug-likeness (QED) is 0.447. The van der Waals surface area contributed by atoms with Crippen molar-refractivity contribution in [3.63, 3.8) is 0 Å². The summed E-state index contributed by atoms with van der Waals surface area (Å²) in [5, 5.41) is 9.64. The number of benzene rings is 1. The second kappa shape index (κ2) is 6.20. The van der Waals surface area contributed by atoms with Crippen molar-refractivity contribution in [1.29, 1.82) is 0 Å². The van der Waals surface area contributed by atoms with Gasteiger partial charge in [-0.2, -0.15) is 10.1 Å². The van der Waals surface area contributed by atoms with Crippen molar-refractivity contribution < 1.29 is 9.47 Å². The second-order valence-electron chi connectivity index (χ2n) is 3.89. The van der Waals surface area contributed by atoms with Gasteiger partial charge in [-0.15, -0.1) is 0 Å². The number of hydrogen-bond donors (Lipinski definition) is 3. The average molecular weight is 293 g/mol. The lowest BCUT2D eigenvalue weighted by Crippen LogP contribution is -2.01. The number of ether oxygens (including phenoxy) is 2. The zero-order valence-electron chi connectivity index (χ0n) is 11.4. The van der Waals surface area contributed by atoms with E-state index < -0.39 is 0 Å². The van der Waals surface area contributed by atoms with Crippen LogP contribution in [0.1, 0.15) is 12.5 Å². The van der Waals surface area contributed by atoms with E-state index in [9.17, 15) is 0 Å². The number of hydrogen-bond acceptors (Lipinski definition) is 6. The van der Waals surface area contributed by atoms with E-state index in [2.05, 4.69) is 25.7 Å². The molecule has 1 heterocycles. The fourth-order valence-corrected chi connectivity index (χ4v) is 1.73. The fraction of sp³-hybridized carbons (Fsp3) is 0.250. The minimum absolute atomic E-state index is 0.367. The molecule has 0 saturated heterocycles. The molecule has 0 aliphatic heterocycles. The first-order valence-electron chi connectivity index (χ1n) is 5.81. The molecule has 106 valence electrons. The third-order valence-corrected chi connectivity index (χ3v) is 2.83. The maximum absolute atomic E-state index is 5.26. The molecule has 20 heavy (non-hydrogen) atoms. The van der Waals surface area contributed by atoms with Gasteiger partial charge in [0, 0.05) is 5.56 Å². The summed E-state index contributed by atoms with van der Waals surface area (Å²) in [5.74, 6) is 1.78. The molecule has 1 aromatic heterocycles. The van der Waals surface area contributed by atoms with Gasteiger partial charge in [-0.05, 0) is 37.3 Å². The van der Waals surface area contributed by atoms with E-state index in [0.717, 1.165) is 11.3 Å². The Kier molecular flexibility index (Phi) is 4.36. The zero-order chi connectivity index (χ0) is 14.5. The molecule has 7 nitrogen and oxygen atoms in total. The molecule has 0 atom stereocenters. The number of nitrogens with zero attached hydrogens (tertiary/aromatic N) is 2. The fourth-order valence-electron chi connectivity index (χ4n) is 1.59. The summed E-state index contributed by atoms with van der Waals surface area (Å²) in [5.41, 5.74) is 4.46. The maximum atomic E-state index is 5.26. The van der Waals surface area contributed by atoms with Crippen LogP contribution in [0.4, 0.5) is 5.95 Å². The Bertz CT molecular complexity index is 676. The van der Waals surface area contributed by atoms with E-state index in [4.69, 9.17) is 21.7 Å². The standard InChI is InChI=1S/C12H15N5O2S/c1-7(14-15-11-13-12(20)17-16-11)8-4-5-9(18-2)10(6-8)19-3/h4-6H,1-3H3,(H3,13,15,16,17,20)/b14-7-. The van der Waals surface area contributed by atoms with Crippen LogP contribution >= 0.6 is 12.2 Å². The number of hydrazone groups is 1. The molecule has 0 radical (unpaired) electrons. The van der Waals surface area contributed by atoms with Gasteiger partial charge in [-0.3, -0.25) is 10.2 Å². The van der Waals surface area contributed by atoms with Gasteiger partial charge in [-0.1, -0.05) is 0 Å². The van der Waals surface area contributed by atoms with Crippen molar-refractivity contribution in [2.24, 2.45) is 5.10 Å². The largest absolute Gasteiger partial charge is 0.493 e. The minimum atomic E-state index is 0.367. The summed E-state index contributed by atoms with van der Waals surface area (Å²) in [7, 11) is 3.19.